The Bertz CT molecular complexity index is 8250. The fraction of sp³-hybridized carbons (Fsp3) is 0.0642. The van der Waals surface area contributed by atoms with Crippen molar-refractivity contribution in [2.45, 2.75) is 43.9 Å². The molecular weight excluding hydrogens is 1650 g/mol. The molecule has 0 fully saturated rings. The standard InChI is InChI=1S/C27H15FN2.C20H10FN3.2C17H11FN2.C14H5FN2O.C14H5FN2S/c1-30-26-24-22(16-18(17-29)25(26)28)21-14-8-9-15-23(21)27(24,19-10-4-2-5-11-19)20-12-6-3-7-13-20;1-23-19-18(21)13(12-22)11-16-15-9-5-6-10-17(15)24(20(16)19)14-7-3-2-4-8-14;1-17(2)13-7-5-4-6-11(13)12-8-10(9-19)15(18)16(20-3)14(12)17;1-17(2)12-7-5-4-6-11(12)14-13(17)8-10(9-19)15(18)16(14)20-3;2*1-17-13-12(15)8(7-16)6-10-9-4-2-3-5-11(9)18-14(10)13/h2-16H;2-11H;2*4-8H,1-2H3;2*2-6H. The Morgan fingerprint density at radius 2 is 0.715 bits per heavy atom. The molecule has 0 spiro atoms. The monoisotopic (exact) mass is 1710 g/mol. The van der Waals surface area contributed by atoms with Crippen molar-refractivity contribution in [3.05, 3.63) is 454 Å². The van der Waals surface area contributed by atoms with Gasteiger partial charge in [-0.1, -0.05) is 234 Å². The third-order valence-electron chi connectivity index (χ3n) is 23.6. The number of benzene rings is 15. The van der Waals surface area contributed by atoms with Crippen LogP contribution in [0.1, 0.15) is 106 Å². The number of aromatic nitrogens is 1. The maximum atomic E-state index is 15.3. The molecule has 3 heterocycles. The van der Waals surface area contributed by atoms with Crippen LogP contribution in [0.4, 0.5) is 60.5 Å². The van der Waals surface area contributed by atoms with Gasteiger partial charge in [0.1, 0.15) is 76.7 Å². The van der Waals surface area contributed by atoms with E-state index in [1.165, 1.54) is 29.5 Å². The van der Waals surface area contributed by atoms with Crippen LogP contribution in [0.15, 0.2) is 277 Å². The maximum Gasteiger partial charge on any atom is 0.265 e. The lowest BCUT2D eigenvalue weighted by Gasteiger charge is -2.34. The number of thiophene rings is 1. The predicted molar refractivity (Wildman–Crippen MR) is 491 cm³/mol. The molecule has 21 rings (SSSR count). The Balaban J connectivity index is 0.000000115. The molecule has 18 aromatic rings. The number of fused-ring (bicyclic) bond motifs is 18. The maximum absolute atomic E-state index is 15.3. The van der Waals surface area contributed by atoms with E-state index in [1.807, 2.05) is 281 Å². The van der Waals surface area contributed by atoms with Crippen LogP contribution in [-0.2, 0) is 16.2 Å². The number of nitrogens with zero attached hydrogens (tertiary/aromatic N) is 13. The Kier molecular flexibility index (Phi) is 22.5. The highest BCUT2D eigenvalue weighted by Gasteiger charge is 2.49. The molecule has 0 saturated heterocycles. The quantitative estimate of drug-likeness (QED) is 0.124. The number of hydrogen-bond donors (Lipinski definition) is 0. The van der Waals surface area contributed by atoms with Crippen LogP contribution in [0.2, 0.25) is 0 Å². The van der Waals surface area contributed by atoms with Crippen molar-refractivity contribution in [1.29, 1.82) is 31.6 Å². The van der Waals surface area contributed by atoms with Crippen molar-refractivity contribution in [2.24, 2.45) is 0 Å². The van der Waals surface area contributed by atoms with Gasteiger partial charge in [0.2, 0.25) is 28.4 Å². The van der Waals surface area contributed by atoms with Gasteiger partial charge in [-0.25, -0.2) is 55.4 Å². The van der Waals surface area contributed by atoms with Crippen LogP contribution in [0.5, 0.6) is 0 Å². The minimum absolute atomic E-state index is 0.0275. The first kappa shape index (κ1) is 85.2. The summed E-state index contributed by atoms with van der Waals surface area (Å²) in [7, 11) is 0. The molecule has 3 aliphatic carbocycles. The fourth-order valence-corrected chi connectivity index (χ4v) is 19.1. The van der Waals surface area contributed by atoms with E-state index in [9.17, 15) is 32.5 Å². The number of hydrogen-bond acceptors (Lipinski definition) is 8. The number of para-hydroxylation sites is 3. The summed E-state index contributed by atoms with van der Waals surface area (Å²) in [6.45, 7) is 52.0. The van der Waals surface area contributed by atoms with Crippen molar-refractivity contribution in [3.8, 4) is 75.5 Å². The van der Waals surface area contributed by atoms with E-state index in [2.05, 4.69) is 29.1 Å². The SMILES string of the molecule is [C-]#[N+]c1c(F)c(C#N)cc2c1-c1ccccc1C2(C)C.[C-]#[N+]c1c(F)c(C#N)cc2c1C(C)(C)c1ccccc1-2.[C-]#[N+]c1c(F)c(C#N)cc2c1C(c1ccccc1)(c1ccccc1)c1ccccc1-2.[C-]#[N+]c1c(F)c(C#N)cc2c1oc1ccccc12.[C-]#[N+]c1c(F)c(C#N)cc2c1sc1ccccc12.[C-]#[N+]c1c(F)c(C#N)cc2c3ccccc3n(-c3ccccc3)c12. The molecular formula is C109H57F6N13OS. The Labute approximate surface area is 745 Å². The van der Waals surface area contributed by atoms with Gasteiger partial charge in [0.05, 0.1) is 89.3 Å². The van der Waals surface area contributed by atoms with Gasteiger partial charge in [-0.2, -0.15) is 31.6 Å². The molecule has 0 atom stereocenters. The van der Waals surface area contributed by atoms with E-state index >= 15 is 4.39 Å². The summed E-state index contributed by atoms with van der Waals surface area (Å²) < 4.78 is 95.1. The van der Waals surface area contributed by atoms with Crippen molar-refractivity contribution in [3.63, 3.8) is 0 Å². The highest BCUT2D eigenvalue weighted by atomic mass is 32.1. The number of halogens is 6. The summed E-state index contributed by atoms with van der Waals surface area (Å²) in [4.78, 5) is 20.1. The lowest BCUT2D eigenvalue weighted by Crippen LogP contribution is -2.28. The van der Waals surface area contributed by atoms with E-state index < -0.39 is 45.7 Å². The molecule has 15 aromatic carbocycles. The van der Waals surface area contributed by atoms with Gasteiger partial charge >= 0.3 is 0 Å². The summed E-state index contributed by atoms with van der Waals surface area (Å²) in [5.41, 5.74) is 12.4. The van der Waals surface area contributed by atoms with Gasteiger partial charge < -0.3 is 8.98 Å². The molecule has 0 aliphatic heterocycles. The molecule has 21 heteroatoms. The van der Waals surface area contributed by atoms with Crippen LogP contribution in [-0.4, -0.2) is 4.57 Å². The van der Waals surface area contributed by atoms with E-state index in [1.54, 1.807) is 42.5 Å². The summed E-state index contributed by atoms with van der Waals surface area (Å²) in [6.07, 6.45) is 0. The zero-order chi connectivity index (χ0) is 91.8. The average molecular weight is 1710 g/mol. The fourth-order valence-electron chi connectivity index (χ4n) is 17.9. The molecule has 0 N–H and O–H groups in total. The van der Waals surface area contributed by atoms with Gasteiger partial charge in [-0.3, -0.25) is 0 Å². The first-order valence-electron chi connectivity index (χ1n) is 39.8. The predicted octanol–water partition coefficient (Wildman–Crippen LogP) is 29.8. The molecule has 0 bridgehead atoms. The van der Waals surface area contributed by atoms with Crippen molar-refractivity contribution in [2.75, 3.05) is 0 Å². The minimum Gasteiger partial charge on any atom is -0.467 e. The minimum atomic E-state index is -0.844. The first-order valence-corrected chi connectivity index (χ1v) is 40.6. The van der Waals surface area contributed by atoms with Crippen molar-refractivity contribution >= 4 is 109 Å². The van der Waals surface area contributed by atoms with Crippen molar-refractivity contribution in [1.82, 2.24) is 4.57 Å². The molecule has 3 aromatic heterocycles. The molecule has 612 valence electrons. The Hall–Kier alpha value is -18.4. The van der Waals surface area contributed by atoms with E-state index in [0.717, 1.165) is 98.6 Å². The highest BCUT2D eigenvalue weighted by Crippen LogP contribution is 2.61. The Morgan fingerprint density at radius 3 is 1.27 bits per heavy atom. The van der Waals surface area contributed by atoms with Crippen LogP contribution >= 0.6 is 11.3 Å². The van der Waals surface area contributed by atoms with E-state index in [4.69, 9.17) is 64.9 Å². The zero-order valence-corrected chi connectivity index (χ0v) is 69.7. The molecule has 14 nitrogen and oxygen atoms in total. The normalized spacial score (nSPS) is 12.2. The van der Waals surface area contributed by atoms with Crippen LogP contribution in [0.3, 0.4) is 0 Å². The van der Waals surface area contributed by atoms with E-state index in [0.29, 0.717) is 43.3 Å². The van der Waals surface area contributed by atoms with Crippen LogP contribution in [0.25, 0.3) is 132 Å². The summed E-state index contributed by atoms with van der Waals surface area (Å²) in [6, 6.07) is 95.4. The second-order valence-corrected chi connectivity index (χ2v) is 32.1. The van der Waals surface area contributed by atoms with Gasteiger partial charge in [0, 0.05) is 42.1 Å². The third-order valence-corrected chi connectivity index (χ3v) is 24.8. The van der Waals surface area contributed by atoms with Gasteiger partial charge in [-0.15, -0.1) is 11.3 Å². The highest BCUT2D eigenvalue weighted by molar-refractivity contribution is 7.26. The van der Waals surface area contributed by atoms with Crippen LogP contribution < -0.4 is 0 Å². The number of rotatable bonds is 3. The summed E-state index contributed by atoms with van der Waals surface area (Å²) in [5, 5.41) is 59.3. The smallest absolute Gasteiger partial charge is 0.265 e. The largest absolute Gasteiger partial charge is 0.467 e. The molecule has 0 radical (unpaired) electrons. The summed E-state index contributed by atoms with van der Waals surface area (Å²) >= 11 is 1.38. The first-order chi connectivity index (χ1) is 63.0. The molecule has 0 amide bonds. The molecule has 130 heavy (non-hydrogen) atoms. The van der Waals surface area contributed by atoms with Crippen molar-refractivity contribution < 1.29 is 30.8 Å². The molecule has 0 unspecified atom stereocenters. The summed E-state index contributed by atoms with van der Waals surface area (Å²) in [5.74, 6) is -4.48. The van der Waals surface area contributed by atoms with Crippen LogP contribution in [0, 0.1) is 142 Å². The van der Waals surface area contributed by atoms with E-state index in [-0.39, 0.29) is 78.5 Å². The second kappa shape index (κ2) is 34.4. The van der Waals surface area contributed by atoms with Gasteiger partial charge in [0.25, 0.3) is 5.69 Å². The topological polar surface area (TPSA) is 187 Å². The number of nitriles is 6. The lowest BCUT2D eigenvalue weighted by atomic mass is 9.67. The lowest BCUT2D eigenvalue weighted by molar-refractivity contribution is 0.614. The average Bonchev–Trinajstić information content (AvgIpc) is 1.52. The Morgan fingerprint density at radius 1 is 0.323 bits per heavy atom. The molecule has 3 aliphatic rings. The number of furan rings is 1. The zero-order valence-electron chi connectivity index (χ0n) is 68.9. The second-order valence-electron chi connectivity index (χ2n) is 31.0. The third kappa shape index (κ3) is 13.7. The van der Waals surface area contributed by atoms with Gasteiger partial charge in [-0.05, 0) is 161 Å². The van der Waals surface area contributed by atoms with Gasteiger partial charge in [0.15, 0.2) is 5.82 Å². The molecule has 0 saturated carbocycles.